The molecule has 1 atom stereocenters. The molecule has 0 bridgehead atoms. The van der Waals surface area contributed by atoms with Crippen molar-refractivity contribution in [2.24, 2.45) is 0 Å². The normalized spacial score (nSPS) is 12.9. The van der Waals surface area contributed by atoms with Crippen LogP contribution in [0.2, 0.25) is 0 Å². The van der Waals surface area contributed by atoms with Gasteiger partial charge in [0.25, 0.3) is 0 Å². The largest absolute Gasteiger partial charge is 0.497 e. The second-order valence-corrected chi connectivity index (χ2v) is 10.4. The molecule has 0 aliphatic rings. The highest BCUT2D eigenvalue weighted by Gasteiger charge is 2.17. The number of aromatic nitrogens is 1. The summed E-state index contributed by atoms with van der Waals surface area (Å²) in [5, 5.41) is 4.77. The summed E-state index contributed by atoms with van der Waals surface area (Å²) < 4.78 is 47.1. The molecule has 1 aromatic heterocycles. The van der Waals surface area contributed by atoms with E-state index < -0.39 is 16.0 Å². The highest BCUT2D eigenvalue weighted by atomic mass is 79.9. The summed E-state index contributed by atoms with van der Waals surface area (Å²) in [6.45, 7) is 0.267. The SMILES string of the molecule is COc1cccc(NCC(F)Cn2c3ccc(Br)cc3c3cc(S(C)(=O)=O)ccc32)c1. The van der Waals surface area contributed by atoms with E-state index in [9.17, 15) is 8.42 Å². The average molecular weight is 505 g/mol. The maximum absolute atomic E-state index is 15.0. The molecule has 4 rings (SSSR count). The van der Waals surface area contributed by atoms with Gasteiger partial charge in [-0.1, -0.05) is 22.0 Å². The number of ether oxygens (including phenoxy) is 1. The lowest BCUT2D eigenvalue weighted by Gasteiger charge is -2.14. The molecule has 0 saturated carbocycles. The van der Waals surface area contributed by atoms with E-state index in [0.29, 0.717) is 5.75 Å². The van der Waals surface area contributed by atoms with Gasteiger partial charge in [-0.25, -0.2) is 12.8 Å². The molecule has 0 aliphatic carbocycles. The van der Waals surface area contributed by atoms with Crippen LogP contribution in [0, 0.1) is 0 Å². The zero-order valence-corrected chi connectivity index (χ0v) is 19.5. The number of alkyl halides is 1. The van der Waals surface area contributed by atoms with E-state index in [1.807, 2.05) is 47.0 Å². The van der Waals surface area contributed by atoms with Crippen LogP contribution in [0.15, 0.2) is 70.0 Å². The number of nitrogens with zero attached hydrogens (tertiary/aromatic N) is 1. The predicted molar refractivity (Wildman–Crippen MR) is 127 cm³/mol. The molecule has 8 heteroatoms. The van der Waals surface area contributed by atoms with Gasteiger partial charge in [-0.05, 0) is 48.5 Å². The van der Waals surface area contributed by atoms with Crippen molar-refractivity contribution in [1.82, 2.24) is 4.57 Å². The van der Waals surface area contributed by atoms with E-state index in [-0.39, 0.29) is 18.0 Å². The molecule has 162 valence electrons. The summed E-state index contributed by atoms with van der Waals surface area (Å²) in [5.74, 6) is 0.704. The molecule has 0 fully saturated rings. The molecule has 4 aromatic rings. The molecule has 1 N–H and O–H groups in total. The fourth-order valence-electron chi connectivity index (χ4n) is 3.71. The van der Waals surface area contributed by atoms with Crippen LogP contribution in [0.1, 0.15) is 0 Å². The Hall–Kier alpha value is -2.58. The van der Waals surface area contributed by atoms with Gasteiger partial charge < -0.3 is 14.6 Å². The van der Waals surface area contributed by atoms with Gasteiger partial charge in [0.05, 0.1) is 18.6 Å². The van der Waals surface area contributed by atoms with Crippen LogP contribution in [0.5, 0.6) is 5.75 Å². The number of anilines is 1. The van der Waals surface area contributed by atoms with Gasteiger partial charge in [0.2, 0.25) is 0 Å². The summed E-state index contributed by atoms with van der Waals surface area (Å²) in [6.07, 6.45) is 0.0219. The van der Waals surface area contributed by atoms with Crippen molar-refractivity contribution in [3.63, 3.8) is 0 Å². The van der Waals surface area contributed by atoms with Crippen molar-refractivity contribution in [2.45, 2.75) is 17.6 Å². The molecule has 0 aliphatic heterocycles. The van der Waals surface area contributed by atoms with Crippen LogP contribution in [-0.2, 0) is 16.4 Å². The van der Waals surface area contributed by atoms with Crippen LogP contribution in [0.3, 0.4) is 0 Å². The van der Waals surface area contributed by atoms with Gasteiger partial charge in [-0.2, -0.15) is 0 Å². The van der Waals surface area contributed by atoms with Gasteiger partial charge in [-0.15, -0.1) is 0 Å². The van der Waals surface area contributed by atoms with Crippen molar-refractivity contribution < 1.29 is 17.5 Å². The highest BCUT2D eigenvalue weighted by molar-refractivity contribution is 9.10. The third-order valence-electron chi connectivity index (χ3n) is 5.20. The number of methoxy groups -OCH3 is 1. The van der Waals surface area contributed by atoms with E-state index in [4.69, 9.17) is 4.74 Å². The Morgan fingerprint density at radius 2 is 1.77 bits per heavy atom. The first kappa shape index (κ1) is 21.6. The summed E-state index contributed by atoms with van der Waals surface area (Å²) in [5.41, 5.74) is 2.43. The topological polar surface area (TPSA) is 60.3 Å². The monoisotopic (exact) mass is 504 g/mol. The first-order valence-electron chi connectivity index (χ1n) is 9.70. The van der Waals surface area contributed by atoms with Gasteiger partial charge in [0.15, 0.2) is 9.84 Å². The highest BCUT2D eigenvalue weighted by Crippen LogP contribution is 2.33. The Bertz CT molecular complexity index is 1370. The summed E-state index contributed by atoms with van der Waals surface area (Å²) >= 11 is 3.48. The zero-order valence-electron chi connectivity index (χ0n) is 17.1. The smallest absolute Gasteiger partial charge is 0.175 e. The minimum Gasteiger partial charge on any atom is -0.497 e. The number of halogens is 2. The minimum absolute atomic E-state index is 0.131. The van der Waals surface area contributed by atoms with Crippen molar-refractivity contribution in [3.8, 4) is 5.75 Å². The number of fused-ring (bicyclic) bond motifs is 3. The Morgan fingerprint density at radius 3 is 2.48 bits per heavy atom. The van der Waals surface area contributed by atoms with Gasteiger partial charge in [0, 0.05) is 50.8 Å². The van der Waals surface area contributed by atoms with E-state index in [1.54, 1.807) is 25.3 Å². The van der Waals surface area contributed by atoms with Gasteiger partial charge in [0.1, 0.15) is 11.9 Å². The summed E-state index contributed by atoms with van der Waals surface area (Å²) in [7, 11) is -1.76. The number of hydrogen-bond donors (Lipinski definition) is 1. The third-order valence-corrected chi connectivity index (χ3v) is 6.81. The molecule has 3 aromatic carbocycles. The fraction of sp³-hybridized carbons (Fsp3) is 0.217. The molecule has 0 amide bonds. The summed E-state index contributed by atoms with van der Waals surface area (Å²) in [6, 6.07) is 18.1. The standard InChI is InChI=1S/C23H22BrFN2O3S/c1-30-18-5-3-4-17(11-18)26-13-16(25)14-27-22-8-6-15(24)10-20(22)21-12-19(31(2,28)29)7-9-23(21)27/h3-12,16,26H,13-14H2,1-2H3. The molecule has 0 spiro atoms. The van der Waals surface area contributed by atoms with Crippen molar-refractivity contribution in [1.29, 1.82) is 0 Å². The zero-order chi connectivity index (χ0) is 22.2. The molecule has 31 heavy (non-hydrogen) atoms. The second-order valence-electron chi connectivity index (χ2n) is 7.43. The van der Waals surface area contributed by atoms with Crippen LogP contribution in [0.25, 0.3) is 21.8 Å². The minimum atomic E-state index is -3.35. The molecule has 1 unspecified atom stereocenters. The molecular weight excluding hydrogens is 483 g/mol. The van der Waals surface area contributed by atoms with Crippen molar-refractivity contribution >= 4 is 53.3 Å². The van der Waals surface area contributed by atoms with E-state index in [2.05, 4.69) is 21.2 Å². The maximum Gasteiger partial charge on any atom is 0.175 e. The average Bonchev–Trinajstić information content (AvgIpc) is 3.04. The van der Waals surface area contributed by atoms with Crippen LogP contribution >= 0.6 is 15.9 Å². The summed E-state index contributed by atoms with van der Waals surface area (Å²) in [4.78, 5) is 0.246. The number of sulfone groups is 1. The lowest BCUT2D eigenvalue weighted by Crippen LogP contribution is -2.21. The maximum atomic E-state index is 15.0. The van der Waals surface area contributed by atoms with Crippen molar-refractivity contribution in [3.05, 3.63) is 65.1 Å². The Kier molecular flexibility index (Phi) is 5.94. The third kappa shape index (κ3) is 4.55. The number of nitrogens with one attached hydrogen (secondary N) is 1. The van der Waals surface area contributed by atoms with E-state index in [1.165, 1.54) is 6.26 Å². The lowest BCUT2D eigenvalue weighted by atomic mass is 10.1. The van der Waals surface area contributed by atoms with Gasteiger partial charge >= 0.3 is 0 Å². The Morgan fingerprint density at radius 1 is 1.06 bits per heavy atom. The fourth-order valence-corrected chi connectivity index (χ4v) is 4.72. The Labute approximate surface area is 188 Å². The predicted octanol–water partition coefficient (Wildman–Crippen LogP) is 5.42. The quantitative estimate of drug-likeness (QED) is 0.365. The van der Waals surface area contributed by atoms with Crippen molar-refractivity contribution in [2.75, 3.05) is 25.2 Å². The molecule has 1 heterocycles. The first-order chi connectivity index (χ1) is 14.8. The molecular formula is C23H22BrFN2O3S. The van der Waals surface area contributed by atoms with Crippen LogP contribution in [0.4, 0.5) is 10.1 Å². The second kappa shape index (κ2) is 8.51. The van der Waals surface area contributed by atoms with Gasteiger partial charge in [-0.3, -0.25) is 0 Å². The van der Waals surface area contributed by atoms with Crippen LogP contribution in [-0.4, -0.2) is 39.1 Å². The Balaban J connectivity index is 1.67. The lowest BCUT2D eigenvalue weighted by molar-refractivity contribution is 0.316. The van der Waals surface area contributed by atoms with Crippen LogP contribution < -0.4 is 10.1 Å². The molecule has 0 saturated heterocycles. The number of hydrogen-bond acceptors (Lipinski definition) is 4. The number of benzene rings is 3. The van der Waals surface area contributed by atoms with E-state index >= 15 is 4.39 Å². The first-order valence-corrected chi connectivity index (χ1v) is 12.4. The molecule has 0 radical (unpaired) electrons. The van der Waals surface area contributed by atoms with E-state index in [0.717, 1.165) is 32.0 Å². The number of rotatable bonds is 7. The molecule has 5 nitrogen and oxygen atoms in total.